The van der Waals surface area contributed by atoms with Gasteiger partial charge >= 0.3 is 5.97 Å². The normalized spacial score (nSPS) is 22.4. The van der Waals surface area contributed by atoms with Crippen LogP contribution in [0, 0.1) is 35.8 Å². The van der Waals surface area contributed by atoms with Gasteiger partial charge in [-0.25, -0.2) is 9.48 Å². The summed E-state index contributed by atoms with van der Waals surface area (Å²) in [5.41, 5.74) is 6.45. The third kappa shape index (κ3) is 8.16. The Balaban J connectivity index is 1.60. The van der Waals surface area contributed by atoms with E-state index >= 15 is 0 Å². The molecule has 5 rings (SSSR count). The first kappa shape index (κ1) is 39.6. The van der Waals surface area contributed by atoms with Gasteiger partial charge in [0.2, 0.25) is 0 Å². The third-order valence-corrected chi connectivity index (χ3v) is 11.2. The van der Waals surface area contributed by atoms with Crippen molar-refractivity contribution in [2.45, 2.75) is 77.7 Å². The first-order chi connectivity index (χ1) is 25.2. The van der Waals surface area contributed by atoms with E-state index in [1.165, 1.54) is 17.9 Å². The number of nitrogens with one attached hydrogen (secondary N) is 1. The number of hydrogen-bond acceptors (Lipinski definition) is 8. The van der Waals surface area contributed by atoms with Gasteiger partial charge < -0.3 is 35.8 Å². The molecule has 5 N–H and O–H groups in total. The van der Waals surface area contributed by atoms with Crippen LogP contribution in [-0.4, -0.2) is 101 Å². The summed E-state index contributed by atoms with van der Waals surface area (Å²) in [4.78, 5) is 45.3. The molecule has 2 saturated carbocycles. The number of carboxylic acid groups (broad SMARTS) is 1. The number of nitrogens with zero attached hydrogens (tertiary/aromatic N) is 4. The number of ether oxygens (including phenoxy) is 1. The predicted molar refractivity (Wildman–Crippen MR) is 203 cm³/mol. The molecule has 2 bridgehead atoms. The van der Waals surface area contributed by atoms with E-state index in [4.69, 9.17) is 15.6 Å². The number of aromatic nitrogens is 2. The second kappa shape index (κ2) is 16.6. The van der Waals surface area contributed by atoms with Crippen molar-refractivity contribution in [3.8, 4) is 28.4 Å². The quantitative estimate of drug-likeness (QED) is 0.161. The van der Waals surface area contributed by atoms with Gasteiger partial charge in [0.05, 0.1) is 23.9 Å². The second-order valence-corrected chi connectivity index (χ2v) is 15.7. The summed E-state index contributed by atoms with van der Waals surface area (Å²) in [6, 6.07) is 14.5. The topological polar surface area (TPSA) is 163 Å². The van der Waals surface area contributed by atoms with Gasteiger partial charge in [-0.2, -0.15) is 5.10 Å². The number of phenols is 1. The van der Waals surface area contributed by atoms with Gasteiger partial charge in [-0.05, 0) is 131 Å². The fraction of sp³-hybridized carbons (Fsp3) is 0.561. The SMILES string of the molecule is COc1cccc(O)c1-c1cc(C(=O)NC2(C(=O)O)C(C)CC3CC(C)CC2C3)nn1-c1c#cc(C(=O)N(CCCN)CCCN(C)C)cc1C(C)C. The lowest BCUT2D eigenvalue weighted by atomic mass is 9.56. The third-order valence-electron chi connectivity index (χ3n) is 11.2. The van der Waals surface area contributed by atoms with Crippen molar-refractivity contribution >= 4 is 17.8 Å². The van der Waals surface area contributed by atoms with Crippen LogP contribution < -0.4 is 15.8 Å². The van der Waals surface area contributed by atoms with Crippen LogP contribution in [0.25, 0.3) is 16.9 Å². The number of amides is 2. The molecule has 2 aliphatic rings. The average Bonchev–Trinajstić information content (AvgIpc) is 3.55. The number of aromatic hydroxyl groups is 1. The summed E-state index contributed by atoms with van der Waals surface area (Å²) in [6.07, 6.45) is 4.72. The van der Waals surface area contributed by atoms with Gasteiger partial charge in [0.25, 0.3) is 11.8 Å². The van der Waals surface area contributed by atoms with Crippen LogP contribution in [-0.2, 0) is 4.79 Å². The van der Waals surface area contributed by atoms with E-state index in [0.29, 0.717) is 66.1 Å². The van der Waals surface area contributed by atoms with Gasteiger partial charge in [0, 0.05) is 13.1 Å². The molecule has 1 aromatic heterocycles. The van der Waals surface area contributed by atoms with E-state index in [9.17, 15) is 24.6 Å². The van der Waals surface area contributed by atoms with Crippen molar-refractivity contribution in [3.63, 3.8) is 0 Å². The molecule has 12 nitrogen and oxygen atoms in total. The Labute approximate surface area is 313 Å². The number of methoxy groups -OCH3 is 1. The van der Waals surface area contributed by atoms with Crippen LogP contribution in [0.1, 0.15) is 98.5 Å². The maximum Gasteiger partial charge on any atom is 0.329 e. The minimum Gasteiger partial charge on any atom is -0.507 e. The van der Waals surface area contributed by atoms with Crippen molar-refractivity contribution in [1.29, 1.82) is 0 Å². The van der Waals surface area contributed by atoms with E-state index in [-0.39, 0.29) is 35.1 Å². The minimum absolute atomic E-state index is 0.0266. The Morgan fingerprint density at radius 3 is 2.47 bits per heavy atom. The van der Waals surface area contributed by atoms with Crippen LogP contribution in [0.2, 0.25) is 0 Å². The summed E-state index contributed by atoms with van der Waals surface area (Å²) >= 11 is 0. The van der Waals surface area contributed by atoms with Gasteiger partial charge in [-0.3, -0.25) is 9.59 Å². The monoisotopic (exact) mass is 728 g/mol. The standard InChI is InChI=1S/C41H56N6O6/c1-25(2)31-23-29(39(50)46(17-9-15-42)18-10-16-45(5)6)13-14-33(31)47-34(37-35(48)11-8-12-36(37)53-7)24-32(44-47)38(49)43-41(40(51)52)27(4)21-28-19-26(3)20-30(41)22-28/h8,11-12,23-28,30,48H,9-10,15-22,42H2,1-7H3,(H,43,49)(H,51,52). The zero-order chi connectivity index (χ0) is 38.6. The number of rotatable bonds is 15. The highest BCUT2D eigenvalue weighted by Gasteiger charge is 2.56. The number of benzene rings is 1. The molecular weight excluding hydrogens is 672 g/mol. The summed E-state index contributed by atoms with van der Waals surface area (Å²) in [7, 11) is 5.48. The molecule has 53 heavy (non-hydrogen) atoms. The lowest BCUT2D eigenvalue weighted by Gasteiger charge is -2.52. The highest BCUT2D eigenvalue weighted by molar-refractivity contribution is 5.98. The Hall–Kier alpha value is -4.60. The summed E-state index contributed by atoms with van der Waals surface area (Å²) in [5, 5.41) is 29.7. The van der Waals surface area contributed by atoms with E-state index < -0.39 is 17.4 Å². The molecule has 5 atom stereocenters. The Kier molecular flexibility index (Phi) is 12.4. The number of carbonyl (C=O) groups excluding carboxylic acids is 2. The summed E-state index contributed by atoms with van der Waals surface area (Å²) in [5.74, 6) is -1.41. The first-order valence-corrected chi connectivity index (χ1v) is 18.9. The number of aliphatic carboxylic acids is 1. The molecule has 2 aliphatic carbocycles. The molecule has 286 valence electrons. The maximum absolute atomic E-state index is 14.3. The van der Waals surface area contributed by atoms with Crippen LogP contribution >= 0.6 is 0 Å². The predicted octanol–water partition coefficient (Wildman–Crippen LogP) is 5.37. The lowest BCUT2D eigenvalue weighted by Crippen LogP contribution is -2.66. The largest absolute Gasteiger partial charge is 0.507 e. The molecule has 0 saturated heterocycles. The van der Waals surface area contributed by atoms with Crippen molar-refractivity contribution in [3.05, 3.63) is 59.3 Å². The van der Waals surface area contributed by atoms with Crippen molar-refractivity contribution in [2.24, 2.45) is 29.4 Å². The molecule has 5 unspecified atom stereocenters. The summed E-state index contributed by atoms with van der Waals surface area (Å²) < 4.78 is 7.16. The van der Waals surface area contributed by atoms with Crippen LogP contribution in [0.4, 0.5) is 0 Å². The first-order valence-electron chi connectivity index (χ1n) is 18.9. The van der Waals surface area contributed by atoms with E-state index in [0.717, 1.165) is 44.2 Å². The van der Waals surface area contributed by atoms with Crippen LogP contribution in [0.5, 0.6) is 11.5 Å². The van der Waals surface area contributed by atoms with Crippen molar-refractivity contribution in [1.82, 2.24) is 24.9 Å². The minimum atomic E-state index is -1.45. The number of carboxylic acids is 1. The van der Waals surface area contributed by atoms with Gasteiger partial charge in [-0.1, -0.05) is 39.8 Å². The molecule has 0 aliphatic heterocycles. The molecule has 3 aromatic rings. The molecule has 2 aromatic carbocycles. The average molecular weight is 729 g/mol. The number of phenolic OH excluding ortho intramolecular Hbond substituents is 1. The molecule has 0 radical (unpaired) electrons. The van der Waals surface area contributed by atoms with Gasteiger partial charge in [0.15, 0.2) is 5.69 Å². The Morgan fingerprint density at radius 1 is 1.08 bits per heavy atom. The van der Waals surface area contributed by atoms with E-state index in [2.05, 4.69) is 29.3 Å². The fourth-order valence-corrected chi connectivity index (χ4v) is 8.64. The van der Waals surface area contributed by atoms with Crippen molar-refractivity contribution < 1.29 is 29.3 Å². The number of fused-ring (bicyclic) bond motifs is 2. The smallest absolute Gasteiger partial charge is 0.329 e. The Morgan fingerprint density at radius 2 is 1.81 bits per heavy atom. The molecule has 2 fully saturated rings. The fourth-order valence-electron chi connectivity index (χ4n) is 8.64. The Bertz CT molecular complexity index is 1780. The van der Waals surface area contributed by atoms with E-state index in [1.807, 2.05) is 34.9 Å². The number of carbonyl (C=O) groups is 3. The van der Waals surface area contributed by atoms with E-state index in [1.54, 1.807) is 29.2 Å². The zero-order valence-corrected chi connectivity index (χ0v) is 32.2. The molecule has 0 spiro atoms. The highest BCUT2D eigenvalue weighted by atomic mass is 16.5. The van der Waals surface area contributed by atoms with Gasteiger partial charge in [-0.15, -0.1) is 0 Å². The maximum atomic E-state index is 14.3. The van der Waals surface area contributed by atoms with Gasteiger partial charge in [0.1, 0.15) is 22.7 Å². The molecule has 1 heterocycles. The van der Waals surface area contributed by atoms with Crippen molar-refractivity contribution in [2.75, 3.05) is 47.4 Å². The molecular formula is C41H56N6O6. The number of hydrogen-bond donors (Lipinski definition) is 4. The lowest BCUT2D eigenvalue weighted by molar-refractivity contribution is -0.155. The second-order valence-electron chi connectivity index (χ2n) is 15.7. The van der Waals surface area contributed by atoms with Crippen LogP contribution in [0.3, 0.4) is 0 Å². The highest BCUT2D eigenvalue weighted by Crippen LogP contribution is 2.50. The zero-order valence-electron chi connectivity index (χ0n) is 32.2. The number of nitrogens with two attached hydrogens (primary N) is 1. The van der Waals surface area contributed by atoms with Crippen LogP contribution in [0.15, 0.2) is 30.3 Å². The molecule has 2 amide bonds. The molecule has 12 heteroatoms. The summed E-state index contributed by atoms with van der Waals surface area (Å²) in [6.45, 7) is 10.4.